The maximum Gasteiger partial charge on any atom is 0.233 e. The average Bonchev–Trinajstić information content (AvgIpc) is 2.62. The minimum atomic E-state index is -0.115. The smallest absolute Gasteiger partial charge is 0.233 e. The quantitative estimate of drug-likeness (QED) is 0.272. The van der Waals surface area contributed by atoms with E-state index < -0.39 is 0 Å². The number of aromatic nitrogens is 3. The van der Waals surface area contributed by atoms with Gasteiger partial charge < -0.3 is 4.57 Å². The molecule has 3 N–H and O–H groups in total. The lowest BCUT2D eigenvalue weighted by molar-refractivity contribution is -0.121. The Morgan fingerprint density at radius 1 is 1.39 bits per heavy atom. The molecule has 0 aliphatic carbocycles. The Balaban J connectivity index is 1.82. The minimum absolute atomic E-state index is 0.115. The molecule has 0 unspecified atom stereocenters. The number of carbonyl (C=O) groups is 1. The molecule has 1 aromatic rings. The van der Waals surface area contributed by atoms with Gasteiger partial charge in [-0.1, -0.05) is 18.2 Å². The topological polar surface area (TPSA) is 85.8 Å². The molecule has 7 heteroatoms. The summed E-state index contributed by atoms with van der Waals surface area (Å²) in [6.45, 7) is 1.02. The highest BCUT2D eigenvalue weighted by molar-refractivity contribution is 7.99. The summed E-state index contributed by atoms with van der Waals surface area (Å²) in [7, 11) is 0. The highest BCUT2D eigenvalue weighted by atomic mass is 32.2. The van der Waals surface area contributed by atoms with E-state index >= 15 is 0 Å². The van der Waals surface area contributed by atoms with Gasteiger partial charge in [-0.15, -0.1) is 10.2 Å². The first-order valence-electron chi connectivity index (χ1n) is 6.35. The van der Waals surface area contributed by atoms with Crippen molar-refractivity contribution in [1.82, 2.24) is 20.2 Å². The molecule has 0 spiro atoms. The van der Waals surface area contributed by atoms with Crippen LogP contribution in [0.2, 0.25) is 0 Å². The minimum Gasteiger partial charge on any atom is -0.306 e. The summed E-state index contributed by atoms with van der Waals surface area (Å²) in [5.41, 5.74) is 2.14. The Kier molecular flexibility index (Phi) is 5.00. The van der Waals surface area contributed by atoms with Crippen molar-refractivity contribution in [2.45, 2.75) is 50.2 Å². The second-order valence-corrected chi connectivity index (χ2v) is 5.44. The summed E-state index contributed by atoms with van der Waals surface area (Å²) >= 11 is 1.67. The van der Waals surface area contributed by atoms with Gasteiger partial charge in [0.1, 0.15) is 5.82 Å². The fourth-order valence-electron chi connectivity index (χ4n) is 2.03. The second kappa shape index (κ2) is 6.75. The molecule has 0 saturated carbocycles. The van der Waals surface area contributed by atoms with E-state index in [0.29, 0.717) is 6.42 Å². The van der Waals surface area contributed by atoms with Crippen LogP contribution in [-0.4, -0.2) is 26.4 Å². The average molecular weight is 269 g/mol. The number of nitrogens with two attached hydrogens (primary N) is 1. The largest absolute Gasteiger partial charge is 0.306 e. The molecule has 1 aliphatic rings. The van der Waals surface area contributed by atoms with Gasteiger partial charge in [-0.2, -0.15) is 0 Å². The van der Waals surface area contributed by atoms with Crippen LogP contribution in [0.15, 0.2) is 5.16 Å². The summed E-state index contributed by atoms with van der Waals surface area (Å²) in [6, 6.07) is 0. The van der Waals surface area contributed by atoms with E-state index in [2.05, 4.69) is 20.2 Å². The summed E-state index contributed by atoms with van der Waals surface area (Å²) in [4.78, 5) is 11.0. The van der Waals surface area contributed by atoms with Crippen LogP contribution >= 0.6 is 11.8 Å². The number of thioether (sulfide) groups is 1. The van der Waals surface area contributed by atoms with Crippen LogP contribution < -0.4 is 11.3 Å². The predicted octanol–water partition coefficient (Wildman–Crippen LogP) is 0.867. The van der Waals surface area contributed by atoms with Crippen LogP contribution in [0.4, 0.5) is 0 Å². The first-order chi connectivity index (χ1) is 8.81. The van der Waals surface area contributed by atoms with Crippen molar-refractivity contribution in [3.05, 3.63) is 5.82 Å². The summed E-state index contributed by atoms with van der Waals surface area (Å²) < 4.78 is 2.22. The monoisotopic (exact) mass is 269 g/mol. The second-order valence-electron chi connectivity index (χ2n) is 4.38. The number of rotatable bonds is 5. The molecule has 0 aromatic carbocycles. The molecule has 0 fully saturated rings. The maximum absolute atomic E-state index is 11.0. The van der Waals surface area contributed by atoms with Crippen molar-refractivity contribution in [3.8, 4) is 0 Å². The molecular formula is C11H19N5OS. The number of amides is 1. The summed E-state index contributed by atoms with van der Waals surface area (Å²) in [6.07, 6.45) is 5.97. The SMILES string of the molecule is NNC(=O)CCCSc1nnc2n1CCCCC2. The predicted molar refractivity (Wildman–Crippen MR) is 69.9 cm³/mol. The lowest BCUT2D eigenvalue weighted by Crippen LogP contribution is -2.29. The molecule has 18 heavy (non-hydrogen) atoms. The Hall–Kier alpha value is -1.08. The summed E-state index contributed by atoms with van der Waals surface area (Å²) in [5, 5.41) is 9.45. The molecule has 1 aliphatic heterocycles. The number of fused-ring (bicyclic) bond motifs is 1. The zero-order valence-corrected chi connectivity index (χ0v) is 11.2. The van der Waals surface area contributed by atoms with Gasteiger partial charge in [0.05, 0.1) is 0 Å². The van der Waals surface area contributed by atoms with Crippen LogP contribution in [0.25, 0.3) is 0 Å². The van der Waals surface area contributed by atoms with Gasteiger partial charge >= 0.3 is 0 Å². The van der Waals surface area contributed by atoms with Gasteiger partial charge in [-0.25, -0.2) is 5.84 Å². The van der Waals surface area contributed by atoms with Crippen molar-refractivity contribution in [2.75, 3.05) is 5.75 Å². The molecular weight excluding hydrogens is 250 g/mol. The van der Waals surface area contributed by atoms with Gasteiger partial charge in [0.2, 0.25) is 5.91 Å². The van der Waals surface area contributed by atoms with Gasteiger partial charge in [0.25, 0.3) is 0 Å². The number of nitrogens with zero attached hydrogens (tertiary/aromatic N) is 3. The van der Waals surface area contributed by atoms with Crippen molar-refractivity contribution in [1.29, 1.82) is 0 Å². The molecule has 2 heterocycles. The Morgan fingerprint density at radius 2 is 2.28 bits per heavy atom. The van der Waals surface area contributed by atoms with E-state index in [0.717, 1.165) is 36.1 Å². The van der Waals surface area contributed by atoms with E-state index in [1.165, 1.54) is 19.3 Å². The van der Waals surface area contributed by atoms with Gasteiger partial charge in [0.15, 0.2) is 5.16 Å². The standard InChI is InChI=1S/C11H19N5OS/c12-13-10(17)6-4-8-18-11-15-14-9-5-2-1-3-7-16(9)11/h1-8,12H2,(H,13,17). The number of hydrazine groups is 1. The molecule has 100 valence electrons. The molecule has 0 atom stereocenters. The third-order valence-corrected chi connectivity index (χ3v) is 4.07. The maximum atomic E-state index is 11.0. The molecule has 1 aromatic heterocycles. The Labute approximate surface area is 111 Å². The van der Waals surface area contributed by atoms with Crippen LogP contribution in [-0.2, 0) is 17.8 Å². The van der Waals surface area contributed by atoms with E-state index in [1.807, 2.05) is 0 Å². The van der Waals surface area contributed by atoms with Crippen molar-refractivity contribution in [3.63, 3.8) is 0 Å². The zero-order valence-electron chi connectivity index (χ0n) is 10.4. The van der Waals surface area contributed by atoms with Crippen molar-refractivity contribution >= 4 is 17.7 Å². The number of hydrogen-bond donors (Lipinski definition) is 2. The molecule has 6 nitrogen and oxygen atoms in total. The van der Waals surface area contributed by atoms with E-state index in [-0.39, 0.29) is 5.91 Å². The highest BCUT2D eigenvalue weighted by Crippen LogP contribution is 2.22. The third kappa shape index (κ3) is 3.46. The number of nitrogens with one attached hydrogen (secondary N) is 1. The number of hydrogen-bond acceptors (Lipinski definition) is 5. The fourth-order valence-corrected chi connectivity index (χ4v) is 2.96. The number of carbonyl (C=O) groups excluding carboxylic acids is 1. The molecule has 0 saturated heterocycles. The molecule has 0 bridgehead atoms. The number of aryl methyl sites for hydroxylation is 1. The Morgan fingerprint density at radius 3 is 3.11 bits per heavy atom. The zero-order chi connectivity index (χ0) is 12.8. The van der Waals surface area contributed by atoms with Gasteiger partial charge in [0, 0.05) is 25.1 Å². The van der Waals surface area contributed by atoms with Crippen LogP contribution in [0.1, 0.15) is 37.9 Å². The first-order valence-corrected chi connectivity index (χ1v) is 7.34. The van der Waals surface area contributed by atoms with E-state index in [9.17, 15) is 4.79 Å². The molecule has 2 rings (SSSR count). The van der Waals surface area contributed by atoms with Crippen molar-refractivity contribution < 1.29 is 4.79 Å². The summed E-state index contributed by atoms with van der Waals surface area (Å²) in [5.74, 6) is 6.88. The third-order valence-electron chi connectivity index (χ3n) is 3.02. The Bertz CT molecular complexity index is 406. The van der Waals surface area contributed by atoms with Crippen LogP contribution in [0.5, 0.6) is 0 Å². The molecule has 1 amide bonds. The lowest BCUT2D eigenvalue weighted by atomic mass is 10.2. The van der Waals surface area contributed by atoms with E-state index in [1.54, 1.807) is 11.8 Å². The lowest BCUT2D eigenvalue weighted by Gasteiger charge is -2.05. The normalized spacial score (nSPS) is 14.9. The highest BCUT2D eigenvalue weighted by Gasteiger charge is 2.14. The van der Waals surface area contributed by atoms with Gasteiger partial charge in [-0.05, 0) is 19.3 Å². The van der Waals surface area contributed by atoms with Crippen LogP contribution in [0, 0.1) is 0 Å². The fraction of sp³-hybridized carbons (Fsp3) is 0.727. The molecule has 0 radical (unpaired) electrons. The van der Waals surface area contributed by atoms with E-state index in [4.69, 9.17) is 5.84 Å². The van der Waals surface area contributed by atoms with Crippen LogP contribution in [0.3, 0.4) is 0 Å². The first kappa shape index (κ1) is 13.4. The van der Waals surface area contributed by atoms with Gasteiger partial charge in [-0.3, -0.25) is 10.2 Å². The van der Waals surface area contributed by atoms with Crippen molar-refractivity contribution in [2.24, 2.45) is 5.84 Å².